The average molecular weight is 323 g/mol. The van der Waals surface area contributed by atoms with Gasteiger partial charge in [0.2, 0.25) is 10.0 Å². The number of nitrogen functional groups attached to an aromatic ring is 1. The van der Waals surface area contributed by atoms with Gasteiger partial charge in [-0.05, 0) is 40.5 Å². The lowest BCUT2D eigenvalue weighted by Crippen LogP contribution is -2.28. The Balaban J connectivity index is 3.08. The smallest absolute Gasteiger partial charge is 0.244 e. The van der Waals surface area contributed by atoms with Crippen molar-refractivity contribution >= 4 is 31.6 Å². The highest BCUT2D eigenvalue weighted by molar-refractivity contribution is 9.10. The minimum absolute atomic E-state index is 0.0437. The zero-order valence-electron chi connectivity index (χ0n) is 9.43. The molecule has 0 aliphatic rings. The molecule has 0 amide bonds. The van der Waals surface area contributed by atoms with Crippen LogP contribution in [0.3, 0.4) is 0 Å². The van der Waals surface area contributed by atoms with Crippen LogP contribution in [0.4, 0.5) is 5.69 Å². The van der Waals surface area contributed by atoms with E-state index in [1.54, 1.807) is 12.1 Å². The Morgan fingerprint density at radius 3 is 2.71 bits per heavy atom. The highest BCUT2D eigenvalue weighted by Gasteiger charge is 2.23. The molecule has 0 unspecified atom stereocenters. The molecule has 0 radical (unpaired) electrons. The molecule has 17 heavy (non-hydrogen) atoms. The zero-order valence-corrected chi connectivity index (χ0v) is 11.8. The van der Waals surface area contributed by atoms with Gasteiger partial charge in [-0.15, -0.1) is 0 Å². The van der Waals surface area contributed by atoms with Crippen molar-refractivity contribution in [1.29, 1.82) is 0 Å². The van der Waals surface area contributed by atoms with Crippen molar-refractivity contribution in [2.75, 3.05) is 25.9 Å². The normalized spacial score (nSPS) is 12.0. The number of anilines is 1. The van der Waals surface area contributed by atoms with Crippen LogP contribution in [0.5, 0.6) is 0 Å². The van der Waals surface area contributed by atoms with Crippen LogP contribution in [0, 0.1) is 0 Å². The van der Waals surface area contributed by atoms with Crippen LogP contribution in [0.15, 0.2) is 27.6 Å². The molecule has 3 N–H and O–H groups in total. The minimum Gasteiger partial charge on any atom is -0.399 e. The van der Waals surface area contributed by atoms with E-state index in [1.807, 2.05) is 0 Å². The van der Waals surface area contributed by atoms with E-state index < -0.39 is 10.0 Å². The Morgan fingerprint density at radius 2 is 2.12 bits per heavy atom. The Labute approximate surface area is 109 Å². The standard InChI is InChI=1S/C10H15BrN2O3S/c1-13(5-2-6-14)17(15,16)10-7-8(12)3-4-9(10)11/h3-4,7,14H,2,5-6,12H2,1H3. The Bertz CT molecular complexity index is 490. The number of sulfonamides is 1. The molecule has 0 saturated heterocycles. The number of aliphatic hydroxyl groups excluding tert-OH is 1. The van der Waals surface area contributed by atoms with Crippen molar-refractivity contribution in [1.82, 2.24) is 4.31 Å². The van der Waals surface area contributed by atoms with Gasteiger partial charge in [-0.1, -0.05) is 0 Å². The van der Waals surface area contributed by atoms with Gasteiger partial charge in [0.05, 0.1) is 4.90 Å². The number of hydrogen-bond acceptors (Lipinski definition) is 4. The molecule has 0 aliphatic heterocycles. The fraction of sp³-hybridized carbons (Fsp3) is 0.400. The second-order valence-electron chi connectivity index (χ2n) is 3.59. The number of hydrogen-bond donors (Lipinski definition) is 2. The van der Waals surface area contributed by atoms with Crippen LogP contribution in [0.2, 0.25) is 0 Å². The van der Waals surface area contributed by atoms with Crippen LogP contribution >= 0.6 is 15.9 Å². The van der Waals surface area contributed by atoms with E-state index >= 15 is 0 Å². The van der Waals surface area contributed by atoms with E-state index in [0.29, 0.717) is 16.6 Å². The van der Waals surface area contributed by atoms with Crippen LogP contribution in [-0.2, 0) is 10.0 Å². The minimum atomic E-state index is -3.57. The summed E-state index contributed by atoms with van der Waals surface area (Å²) in [5, 5.41) is 8.70. The van der Waals surface area contributed by atoms with Gasteiger partial charge in [0.1, 0.15) is 0 Å². The maximum Gasteiger partial charge on any atom is 0.244 e. The fourth-order valence-electron chi connectivity index (χ4n) is 1.30. The summed E-state index contributed by atoms with van der Waals surface area (Å²) in [4.78, 5) is 0.137. The van der Waals surface area contributed by atoms with Gasteiger partial charge < -0.3 is 10.8 Å². The van der Waals surface area contributed by atoms with E-state index in [1.165, 1.54) is 17.4 Å². The van der Waals surface area contributed by atoms with Crippen LogP contribution < -0.4 is 5.73 Å². The molecule has 0 heterocycles. The summed E-state index contributed by atoms with van der Waals surface area (Å²) < 4.78 is 26.0. The molecule has 1 rings (SSSR count). The molecule has 0 aromatic heterocycles. The average Bonchev–Trinajstić information content (AvgIpc) is 2.28. The first-order valence-corrected chi connectivity index (χ1v) is 7.25. The summed E-state index contributed by atoms with van der Waals surface area (Å²) in [7, 11) is -2.10. The molecule has 0 spiro atoms. The third-order valence-electron chi connectivity index (χ3n) is 2.27. The highest BCUT2D eigenvalue weighted by Crippen LogP contribution is 2.26. The SMILES string of the molecule is CN(CCCO)S(=O)(=O)c1cc(N)ccc1Br. The number of nitrogens with two attached hydrogens (primary N) is 1. The van der Waals surface area contributed by atoms with E-state index in [-0.39, 0.29) is 18.0 Å². The molecule has 0 aliphatic carbocycles. The molecule has 1 aromatic rings. The van der Waals surface area contributed by atoms with Crippen LogP contribution in [0.25, 0.3) is 0 Å². The molecule has 5 nitrogen and oxygen atoms in total. The van der Waals surface area contributed by atoms with E-state index in [9.17, 15) is 8.42 Å². The van der Waals surface area contributed by atoms with E-state index in [2.05, 4.69) is 15.9 Å². The predicted molar refractivity (Wildman–Crippen MR) is 70.1 cm³/mol. The second-order valence-corrected chi connectivity index (χ2v) is 6.46. The first-order chi connectivity index (χ1) is 7.89. The predicted octanol–water partition coefficient (Wildman–Crippen LogP) is 1.03. The lowest BCUT2D eigenvalue weighted by Gasteiger charge is -2.17. The van der Waals surface area contributed by atoms with Gasteiger partial charge in [0, 0.05) is 30.4 Å². The Morgan fingerprint density at radius 1 is 1.47 bits per heavy atom. The topological polar surface area (TPSA) is 83.6 Å². The monoisotopic (exact) mass is 322 g/mol. The first kappa shape index (κ1) is 14.4. The van der Waals surface area contributed by atoms with Crippen molar-refractivity contribution in [3.63, 3.8) is 0 Å². The molecule has 7 heteroatoms. The van der Waals surface area contributed by atoms with Crippen LogP contribution in [0.1, 0.15) is 6.42 Å². The second kappa shape index (κ2) is 5.81. The summed E-state index contributed by atoms with van der Waals surface area (Å²) in [6.45, 7) is 0.220. The maximum atomic E-state index is 12.2. The van der Waals surface area contributed by atoms with Gasteiger partial charge in [-0.2, -0.15) is 0 Å². The Kier molecular flexibility index (Phi) is 4.93. The van der Waals surface area contributed by atoms with Gasteiger partial charge in [0.15, 0.2) is 0 Å². The van der Waals surface area contributed by atoms with Crippen molar-refractivity contribution in [3.05, 3.63) is 22.7 Å². The van der Waals surface area contributed by atoms with Crippen molar-refractivity contribution < 1.29 is 13.5 Å². The first-order valence-electron chi connectivity index (χ1n) is 5.02. The van der Waals surface area contributed by atoms with Gasteiger partial charge in [0.25, 0.3) is 0 Å². The number of nitrogens with zero attached hydrogens (tertiary/aromatic N) is 1. The molecule has 0 saturated carbocycles. The summed E-state index contributed by atoms with van der Waals surface area (Å²) in [5.74, 6) is 0. The quantitative estimate of drug-likeness (QED) is 0.793. The molecular weight excluding hydrogens is 308 g/mol. The summed E-state index contributed by atoms with van der Waals surface area (Å²) in [5.41, 5.74) is 5.97. The number of aliphatic hydroxyl groups is 1. The molecular formula is C10H15BrN2O3S. The Hall–Kier alpha value is -0.630. The summed E-state index contributed by atoms with van der Waals surface area (Å²) in [6.07, 6.45) is 0.398. The third-order valence-corrected chi connectivity index (χ3v) is 5.13. The van der Waals surface area contributed by atoms with E-state index in [0.717, 1.165) is 0 Å². The molecule has 1 aromatic carbocycles. The molecule has 96 valence electrons. The molecule has 0 bridgehead atoms. The lowest BCUT2D eigenvalue weighted by molar-refractivity contribution is 0.275. The lowest BCUT2D eigenvalue weighted by atomic mass is 10.3. The van der Waals surface area contributed by atoms with E-state index in [4.69, 9.17) is 10.8 Å². The van der Waals surface area contributed by atoms with Crippen LogP contribution in [-0.4, -0.2) is 38.0 Å². The highest BCUT2D eigenvalue weighted by atomic mass is 79.9. The number of benzene rings is 1. The molecule has 0 fully saturated rings. The third kappa shape index (κ3) is 3.41. The summed E-state index contributed by atoms with van der Waals surface area (Å²) >= 11 is 3.19. The largest absolute Gasteiger partial charge is 0.399 e. The fourth-order valence-corrected chi connectivity index (χ4v) is 3.46. The van der Waals surface area contributed by atoms with Gasteiger partial charge in [-0.3, -0.25) is 0 Å². The van der Waals surface area contributed by atoms with Crippen molar-refractivity contribution in [2.24, 2.45) is 0 Å². The van der Waals surface area contributed by atoms with Gasteiger partial charge in [-0.25, -0.2) is 12.7 Å². The maximum absolute atomic E-state index is 12.2. The van der Waals surface area contributed by atoms with Gasteiger partial charge >= 0.3 is 0 Å². The zero-order chi connectivity index (χ0) is 13.1. The van der Waals surface area contributed by atoms with Crippen molar-refractivity contribution in [2.45, 2.75) is 11.3 Å². The number of rotatable bonds is 5. The number of halogens is 1. The summed E-state index contributed by atoms with van der Waals surface area (Å²) in [6, 6.07) is 4.63. The van der Waals surface area contributed by atoms with Crippen molar-refractivity contribution in [3.8, 4) is 0 Å². The molecule has 0 atom stereocenters.